The van der Waals surface area contributed by atoms with Gasteiger partial charge >= 0.3 is 0 Å². The van der Waals surface area contributed by atoms with E-state index in [9.17, 15) is 0 Å². The van der Waals surface area contributed by atoms with Crippen molar-refractivity contribution in [3.05, 3.63) is 65.9 Å². The molecule has 0 N–H and O–H groups in total. The van der Waals surface area contributed by atoms with Gasteiger partial charge in [0.15, 0.2) is 0 Å². The van der Waals surface area contributed by atoms with Crippen molar-refractivity contribution in [1.82, 2.24) is 15.2 Å². The molecule has 0 amide bonds. The first-order valence-electron chi connectivity index (χ1n) is 5.85. The number of benzene rings is 2. The molecule has 0 aliphatic rings. The van der Waals surface area contributed by atoms with Crippen LogP contribution in [0, 0.1) is 0 Å². The van der Waals surface area contributed by atoms with Gasteiger partial charge in [-0.25, -0.2) is 4.98 Å². The second kappa shape index (κ2) is 5.16. The zero-order chi connectivity index (χ0) is 13.1. The van der Waals surface area contributed by atoms with Crippen molar-refractivity contribution in [3.8, 4) is 22.5 Å². The van der Waals surface area contributed by atoms with E-state index in [0.29, 0.717) is 0 Å². The van der Waals surface area contributed by atoms with E-state index in [0.717, 1.165) is 22.5 Å². The van der Waals surface area contributed by atoms with Crippen LogP contribution in [0.2, 0.25) is 5.28 Å². The largest absolute Gasteiger partial charge is 0.243 e. The third-order valence-electron chi connectivity index (χ3n) is 2.76. The summed E-state index contributed by atoms with van der Waals surface area (Å²) >= 11 is 5.87. The average molecular weight is 268 g/mol. The van der Waals surface area contributed by atoms with Gasteiger partial charge in [-0.2, -0.15) is 0 Å². The van der Waals surface area contributed by atoms with E-state index in [2.05, 4.69) is 15.2 Å². The summed E-state index contributed by atoms with van der Waals surface area (Å²) < 4.78 is 0. The summed E-state index contributed by atoms with van der Waals surface area (Å²) in [6.45, 7) is 0. The van der Waals surface area contributed by atoms with E-state index in [1.165, 1.54) is 0 Å². The fraction of sp³-hybridized carbons (Fsp3) is 0. The maximum Gasteiger partial charge on any atom is 0.243 e. The fourth-order valence-electron chi connectivity index (χ4n) is 1.89. The molecule has 3 rings (SSSR count). The highest BCUT2D eigenvalue weighted by Crippen LogP contribution is 2.28. The number of halogens is 1. The molecule has 3 aromatic rings. The zero-order valence-electron chi connectivity index (χ0n) is 9.99. The standard InChI is InChI=1S/C15H10ClN3/c16-15-17-13(11-7-3-1-4-8-11)14(18-19-15)12-9-5-2-6-10-12/h1-10H. The Morgan fingerprint density at radius 1 is 0.632 bits per heavy atom. The van der Waals surface area contributed by atoms with Gasteiger partial charge < -0.3 is 0 Å². The third-order valence-corrected chi connectivity index (χ3v) is 2.92. The number of aromatic nitrogens is 3. The molecule has 0 aliphatic carbocycles. The van der Waals surface area contributed by atoms with Gasteiger partial charge in [0.1, 0.15) is 11.4 Å². The molecule has 0 spiro atoms. The molecule has 92 valence electrons. The van der Waals surface area contributed by atoms with E-state index in [-0.39, 0.29) is 5.28 Å². The van der Waals surface area contributed by atoms with E-state index < -0.39 is 0 Å². The van der Waals surface area contributed by atoms with Crippen LogP contribution in [-0.4, -0.2) is 15.2 Å². The summed E-state index contributed by atoms with van der Waals surface area (Å²) in [5.74, 6) is 0. The first-order chi connectivity index (χ1) is 9.34. The minimum Gasteiger partial charge on any atom is -0.214 e. The Morgan fingerprint density at radius 3 is 1.74 bits per heavy atom. The van der Waals surface area contributed by atoms with Gasteiger partial charge in [-0.05, 0) is 11.6 Å². The van der Waals surface area contributed by atoms with Crippen molar-refractivity contribution in [2.24, 2.45) is 0 Å². The van der Waals surface area contributed by atoms with Crippen molar-refractivity contribution in [1.29, 1.82) is 0 Å². The van der Waals surface area contributed by atoms with Crippen LogP contribution in [-0.2, 0) is 0 Å². The molecule has 0 aliphatic heterocycles. The van der Waals surface area contributed by atoms with Gasteiger partial charge in [-0.15, -0.1) is 10.2 Å². The maximum absolute atomic E-state index is 5.87. The lowest BCUT2D eigenvalue weighted by atomic mass is 10.0. The van der Waals surface area contributed by atoms with Gasteiger partial charge in [-0.1, -0.05) is 60.7 Å². The Bertz CT molecular complexity index is 684. The quantitative estimate of drug-likeness (QED) is 0.708. The highest BCUT2D eigenvalue weighted by atomic mass is 35.5. The van der Waals surface area contributed by atoms with Crippen LogP contribution in [0.25, 0.3) is 22.5 Å². The Kier molecular flexibility index (Phi) is 3.21. The average Bonchev–Trinajstić information content (AvgIpc) is 2.49. The monoisotopic (exact) mass is 267 g/mol. The molecule has 0 fully saturated rings. The summed E-state index contributed by atoms with van der Waals surface area (Å²) in [4.78, 5) is 4.31. The summed E-state index contributed by atoms with van der Waals surface area (Å²) in [5.41, 5.74) is 3.42. The van der Waals surface area contributed by atoms with Crippen LogP contribution < -0.4 is 0 Å². The molecule has 0 bridgehead atoms. The predicted octanol–water partition coefficient (Wildman–Crippen LogP) is 3.86. The molecule has 2 aromatic carbocycles. The lowest BCUT2D eigenvalue weighted by molar-refractivity contribution is 0.982. The summed E-state index contributed by atoms with van der Waals surface area (Å²) in [7, 11) is 0. The number of rotatable bonds is 2. The lowest BCUT2D eigenvalue weighted by Gasteiger charge is -2.07. The normalized spacial score (nSPS) is 10.4. The Hall–Kier alpha value is -2.26. The van der Waals surface area contributed by atoms with Crippen molar-refractivity contribution < 1.29 is 0 Å². The van der Waals surface area contributed by atoms with Crippen molar-refractivity contribution in [2.45, 2.75) is 0 Å². The van der Waals surface area contributed by atoms with Crippen molar-refractivity contribution >= 4 is 11.6 Å². The molecular formula is C15H10ClN3. The van der Waals surface area contributed by atoms with Crippen LogP contribution in [0.5, 0.6) is 0 Å². The van der Waals surface area contributed by atoms with Crippen molar-refractivity contribution in [3.63, 3.8) is 0 Å². The van der Waals surface area contributed by atoms with E-state index in [1.807, 2.05) is 60.7 Å². The van der Waals surface area contributed by atoms with Gasteiger partial charge in [0.25, 0.3) is 0 Å². The minimum atomic E-state index is 0.151. The second-order valence-electron chi connectivity index (χ2n) is 4.01. The zero-order valence-corrected chi connectivity index (χ0v) is 10.7. The minimum absolute atomic E-state index is 0.151. The van der Waals surface area contributed by atoms with Crippen LogP contribution in [0.4, 0.5) is 0 Å². The summed E-state index contributed by atoms with van der Waals surface area (Å²) in [6.07, 6.45) is 0. The second-order valence-corrected chi connectivity index (χ2v) is 4.35. The van der Waals surface area contributed by atoms with Gasteiger partial charge in [-0.3, -0.25) is 0 Å². The molecule has 4 heteroatoms. The number of hydrogen-bond donors (Lipinski definition) is 0. The molecule has 0 saturated heterocycles. The maximum atomic E-state index is 5.87. The molecule has 0 radical (unpaired) electrons. The summed E-state index contributed by atoms with van der Waals surface area (Å²) in [6, 6.07) is 19.7. The number of nitrogens with zero attached hydrogens (tertiary/aromatic N) is 3. The Balaban J connectivity index is 2.21. The molecule has 0 atom stereocenters. The topological polar surface area (TPSA) is 38.7 Å². The van der Waals surface area contributed by atoms with Gasteiger partial charge in [0.05, 0.1) is 0 Å². The van der Waals surface area contributed by atoms with Crippen LogP contribution in [0.1, 0.15) is 0 Å². The van der Waals surface area contributed by atoms with E-state index >= 15 is 0 Å². The first kappa shape index (κ1) is 11.8. The smallest absolute Gasteiger partial charge is 0.214 e. The van der Waals surface area contributed by atoms with Crippen LogP contribution in [0.3, 0.4) is 0 Å². The van der Waals surface area contributed by atoms with Gasteiger partial charge in [0, 0.05) is 11.1 Å². The molecule has 1 heterocycles. The summed E-state index contributed by atoms with van der Waals surface area (Å²) in [5, 5.41) is 8.18. The van der Waals surface area contributed by atoms with Gasteiger partial charge in [0.2, 0.25) is 5.28 Å². The SMILES string of the molecule is Clc1nnc(-c2ccccc2)c(-c2ccccc2)n1. The third kappa shape index (κ3) is 2.46. The fourth-order valence-corrected chi connectivity index (χ4v) is 2.02. The lowest BCUT2D eigenvalue weighted by Crippen LogP contribution is -1.96. The Labute approximate surface area is 115 Å². The van der Waals surface area contributed by atoms with Crippen LogP contribution in [0.15, 0.2) is 60.7 Å². The molecule has 0 unspecified atom stereocenters. The van der Waals surface area contributed by atoms with Crippen molar-refractivity contribution in [2.75, 3.05) is 0 Å². The molecule has 0 saturated carbocycles. The van der Waals surface area contributed by atoms with E-state index in [1.54, 1.807) is 0 Å². The molecule has 19 heavy (non-hydrogen) atoms. The highest BCUT2D eigenvalue weighted by Gasteiger charge is 2.12. The Morgan fingerprint density at radius 2 is 1.16 bits per heavy atom. The number of hydrogen-bond acceptors (Lipinski definition) is 3. The molecule has 1 aromatic heterocycles. The highest BCUT2D eigenvalue weighted by molar-refractivity contribution is 6.28. The van der Waals surface area contributed by atoms with E-state index in [4.69, 9.17) is 11.6 Å². The molecule has 3 nitrogen and oxygen atoms in total. The van der Waals surface area contributed by atoms with Crippen LogP contribution >= 0.6 is 11.6 Å². The molecular weight excluding hydrogens is 258 g/mol. The first-order valence-corrected chi connectivity index (χ1v) is 6.23. The predicted molar refractivity (Wildman–Crippen MR) is 75.7 cm³/mol.